The van der Waals surface area contributed by atoms with Crippen LogP contribution in [-0.2, 0) is 9.59 Å². The molecule has 0 bridgehead atoms. The lowest BCUT2D eigenvalue weighted by Gasteiger charge is -2.29. The van der Waals surface area contributed by atoms with E-state index in [0.29, 0.717) is 6.42 Å². The van der Waals surface area contributed by atoms with Crippen LogP contribution in [0.1, 0.15) is 26.2 Å². The van der Waals surface area contributed by atoms with Crippen molar-refractivity contribution in [1.82, 2.24) is 0 Å². The Hall–Kier alpha value is -1.32. The van der Waals surface area contributed by atoms with Gasteiger partial charge in [-0.25, -0.2) is 0 Å². The van der Waals surface area contributed by atoms with E-state index in [1.54, 1.807) is 6.92 Å². The second-order valence-corrected chi connectivity index (χ2v) is 3.39. The molecule has 0 saturated carbocycles. The second-order valence-electron chi connectivity index (χ2n) is 3.39. The third-order valence-corrected chi connectivity index (χ3v) is 2.49. The fourth-order valence-corrected chi connectivity index (χ4v) is 1.58. The lowest BCUT2D eigenvalue weighted by atomic mass is 9.74. The van der Waals surface area contributed by atoms with E-state index in [-0.39, 0.29) is 24.4 Å². The molecule has 1 aliphatic rings. The number of carbonyl (C=O) groups is 2. The zero-order chi connectivity index (χ0) is 10.1. The Morgan fingerprint density at radius 2 is 2.23 bits per heavy atom. The van der Waals surface area contributed by atoms with Crippen LogP contribution < -0.4 is 0 Å². The molecule has 13 heavy (non-hydrogen) atoms. The molecule has 1 aliphatic carbocycles. The summed E-state index contributed by atoms with van der Waals surface area (Å²) in [7, 11) is 0. The van der Waals surface area contributed by atoms with Crippen LogP contribution in [0.5, 0.6) is 0 Å². The molecule has 4 nitrogen and oxygen atoms in total. The second kappa shape index (κ2) is 3.20. The summed E-state index contributed by atoms with van der Waals surface area (Å²) < 4.78 is 0. The number of rotatable bonds is 2. The van der Waals surface area contributed by atoms with Crippen molar-refractivity contribution < 1.29 is 19.8 Å². The van der Waals surface area contributed by atoms with Gasteiger partial charge in [-0.2, -0.15) is 0 Å². The first-order chi connectivity index (χ1) is 6.00. The molecule has 0 spiro atoms. The van der Waals surface area contributed by atoms with Crippen LogP contribution in [0, 0.1) is 5.41 Å². The molecule has 0 aromatic carbocycles. The average molecular weight is 184 g/mol. The smallest absolute Gasteiger partial charge is 0.310 e. The number of carbonyl (C=O) groups excluding carboxylic acids is 1. The molecule has 0 heterocycles. The minimum absolute atomic E-state index is 0.0110. The quantitative estimate of drug-likeness (QED) is 0.677. The standard InChI is InChI=1S/C9H12O4/c1-2-9(8(12)13)4-6(10)3-7(11)5-9/h3,10H,2,4-5H2,1H3,(H,12,13). The minimum atomic E-state index is -1.09. The van der Waals surface area contributed by atoms with Crippen molar-refractivity contribution in [3.8, 4) is 0 Å². The summed E-state index contributed by atoms with van der Waals surface area (Å²) in [5.74, 6) is -1.45. The first-order valence-electron chi connectivity index (χ1n) is 4.16. The molecule has 4 heteroatoms. The predicted octanol–water partition coefficient (Wildman–Crippen LogP) is 1.27. The van der Waals surface area contributed by atoms with Crippen molar-refractivity contribution in [2.75, 3.05) is 0 Å². The van der Waals surface area contributed by atoms with Crippen LogP contribution in [0.3, 0.4) is 0 Å². The largest absolute Gasteiger partial charge is 0.512 e. The fraction of sp³-hybridized carbons (Fsp3) is 0.556. The highest BCUT2D eigenvalue weighted by Crippen LogP contribution is 2.37. The van der Waals surface area contributed by atoms with Crippen molar-refractivity contribution in [3.63, 3.8) is 0 Å². The van der Waals surface area contributed by atoms with Crippen molar-refractivity contribution in [2.24, 2.45) is 5.41 Å². The van der Waals surface area contributed by atoms with Crippen LogP contribution in [-0.4, -0.2) is 22.0 Å². The van der Waals surface area contributed by atoms with Gasteiger partial charge in [0.05, 0.1) is 11.2 Å². The Morgan fingerprint density at radius 3 is 2.62 bits per heavy atom. The number of carboxylic acid groups (broad SMARTS) is 1. The Balaban J connectivity index is 2.98. The molecule has 0 amide bonds. The molecule has 1 atom stereocenters. The maximum absolute atomic E-state index is 11.1. The summed E-state index contributed by atoms with van der Waals surface area (Å²) in [6, 6.07) is 0. The third kappa shape index (κ3) is 1.71. The highest BCUT2D eigenvalue weighted by molar-refractivity contribution is 5.95. The van der Waals surface area contributed by atoms with E-state index in [9.17, 15) is 14.7 Å². The van der Waals surface area contributed by atoms with Crippen molar-refractivity contribution >= 4 is 11.8 Å². The van der Waals surface area contributed by atoms with Crippen LogP contribution in [0.4, 0.5) is 0 Å². The van der Waals surface area contributed by atoms with E-state index in [1.165, 1.54) is 0 Å². The molecular weight excluding hydrogens is 172 g/mol. The van der Waals surface area contributed by atoms with Gasteiger partial charge in [-0.05, 0) is 6.42 Å². The van der Waals surface area contributed by atoms with Crippen molar-refractivity contribution in [1.29, 1.82) is 0 Å². The summed E-state index contributed by atoms with van der Waals surface area (Å²) in [6.45, 7) is 1.71. The summed E-state index contributed by atoms with van der Waals surface area (Å²) in [5, 5.41) is 18.1. The molecule has 0 aromatic heterocycles. The molecule has 0 aromatic rings. The number of aliphatic carboxylic acids is 1. The maximum atomic E-state index is 11.1. The lowest BCUT2D eigenvalue weighted by molar-refractivity contribution is -0.152. The molecule has 1 rings (SSSR count). The van der Waals surface area contributed by atoms with Gasteiger partial charge in [0.25, 0.3) is 0 Å². The zero-order valence-corrected chi connectivity index (χ0v) is 7.41. The highest BCUT2D eigenvalue weighted by Gasteiger charge is 2.41. The summed E-state index contributed by atoms with van der Waals surface area (Å²) in [5.41, 5.74) is -1.09. The number of allylic oxidation sites excluding steroid dienone is 2. The maximum Gasteiger partial charge on any atom is 0.310 e. The Morgan fingerprint density at radius 1 is 1.62 bits per heavy atom. The van der Waals surface area contributed by atoms with E-state index in [0.717, 1.165) is 6.08 Å². The highest BCUT2D eigenvalue weighted by atomic mass is 16.4. The molecule has 72 valence electrons. The van der Waals surface area contributed by atoms with Gasteiger partial charge in [0.15, 0.2) is 5.78 Å². The van der Waals surface area contributed by atoms with Gasteiger partial charge in [-0.15, -0.1) is 0 Å². The molecule has 1 unspecified atom stereocenters. The van der Waals surface area contributed by atoms with E-state index in [1.807, 2.05) is 0 Å². The monoisotopic (exact) mass is 184 g/mol. The molecule has 0 radical (unpaired) electrons. The van der Waals surface area contributed by atoms with Gasteiger partial charge in [-0.3, -0.25) is 9.59 Å². The molecule has 2 N–H and O–H groups in total. The van der Waals surface area contributed by atoms with Gasteiger partial charge >= 0.3 is 5.97 Å². The average Bonchev–Trinajstić information content (AvgIpc) is 2.02. The van der Waals surface area contributed by atoms with E-state index >= 15 is 0 Å². The molecule has 0 aliphatic heterocycles. The number of carboxylic acids is 1. The first-order valence-corrected chi connectivity index (χ1v) is 4.16. The summed E-state index contributed by atoms with van der Waals surface area (Å²) in [4.78, 5) is 22.0. The van der Waals surface area contributed by atoms with E-state index in [4.69, 9.17) is 5.11 Å². The van der Waals surface area contributed by atoms with E-state index < -0.39 is 11.4 Å². The van der Waals surface area contributed by atoms with Gasteiger partial charge in [0.2, 0.25) is 0 Å². The van der Waals surface area contributed by atoms with Crippen LogP contribution in [0.25, 0.3) is 0 Å². The first kappa shape index (κ1) is 9.77. The lowest BCUT2D eigenvalue weighted by Crippen LogP contribution is -2.35. The number of hydrogen-bond donors (Lipinski definition) is 2. The zero-order valence-electron chi connectivity index (χ0n) is 7.41. The SMILES string of the molecule is CCC1(C(=O)O)CC(=O)C=C(O)C1. The predicted molar refractivity (Wildman–Crippen MR) is 45.3 cm³/mol. The molecular formula is C9H12O4. The molecule has 0 fully saturated rings. The minimum Gasteiger partial charge on any atom is -0.512 e. The van der Waals surface area contributed by atoms with Gasteiger partial charge in [0.1, 0.15) is 0 Å². The van der Waals surface area contributed by atoms with Crippen LogP contribution in [0.15, 0.2) is 11.8 Å². The topological polar surface area (TPSA) is 74.6 Å². The number of aliphatic hydroxyl groups is 1. The van der Waals surface area contributed by atoms with Gasteiger partial charge < -0.3 is 10.2 Å². The number of hydrogen-bond acceptors (Lipinski definition) is 3. The van der Waals surface area contributed by atoms with Gasteiger partial charge in [-0.1, -0.05) is 6.92 Å². The van der Waals surface area contributed by atoms with Crippen LogP contribution >= 0.6 is 0 Å². The van der Waals surface area contributed by atoms with E-state index in [2.05, 4.69) is 0 Å². The van der Waals surface area contributed by atoms with Gasteiger partial charge in [0, 0.05) is 18.9 Å². The van der Waals surface area contributed by atoms with Crippen LogP contribution in [0.2, 0.25) is 0 Å². The summed E-state index contributed by atoms with van der Waals surface area (Å²) >= 11 is 0. The Bertz CT molecular complexity index is 279. The van der Waals surface area contributed by atoms with Crippen molar-refractivity contribution in [2.45, 2.75) is 26.2 Å². The Kier molecular flexibility index (Phi) is 2.40. The normalized spacial score (nSPS) is 28.4. The Labute approximate surface area is 75.9 Å². The number of ketones is 1. The fourth-order valence-electron chi connectivity index (χ4n) is 1.58. The molecule has 0 saturated heterocycles. The summed E-state index contributed by atoms with van der Waals surface area (Å²) in [6.07, 6.45) is 1.51. The third-order valence-electron chi connectivity index (χ3n) is 2.49. The number of aliphatic hydroxyl groups excluding tert-OH is 1. The van der Waals surface area contributed by atoms with Crippen molar-refractivity contribution in [3.05, 3.63) is 11.8 Å².